The summed E-state index contributed by atoms with van der Waals surface area (Å²) in [5.41, 5.74) is 2.04. The molecule has 0 radical (unpaired) electrons. The molecule has 6 nitrogen and oxygen atoms in total. The van der Waals surface area contributed by atoms with Gasteiger partial charge in [-0.3, -0.25) is 9.69 Å². The molecule has 0 unspecified atom stereocenters. The molecular formula is C20H20FN3O3S. The van der Waals surface area contributed by atoms with E-state index < -0.39 is 5.97 Å². The van der Waals surface area contributed by atoms with Crippen LogP contribution in [0.3, 0.4) is 0 Å². The third kappa shape index (κ3) is 3.52. The van der Waals surface area contributed by atoms with Crippen LogP contribution < -0.4 is 4.90 Å². The van der Waals surface area contributed by atoms with Gasteiger partial charge < -0.3 is 9.72 Å². The highest BCUT2D eigenvalue weighted by atomic mass is 32.1. The number of rotatable bonds is 6. The van der Waals surface area contributed by atoms with Crippen molar-refractivity contribution in [1.29, 1.82) is 0 Å². The van der Waals surface area contributed by atoms with Gasteiger partial charge in [0.1, 0.15) is 10.7 Å². The van der Waals surface area contributed by atoms with Crippen molar-refractivity contribution in [3.05, 3.63) is 46.3 Å². The Kier molecular flexibility index (Phi) is 4.89. The lowest BCUT2D eigenvalue weighted by atomic mass is 10.1. The molecule has 0 aliphatic heterocycles. The number of hydrogen-bond acceptors (Lipinski definition) is 5. The number of carbonyl (C=O) groups excluding carboxylic acids is 2. The van der Waals surface area contributed by atoms with Crippen molar-refractivity contribution in [2.24, 2.45) is 0 Å². The van der Waals surface area contributed by atoms with E-state index in [-0.39, 0.29) is 30.8 Å². The number of aromatic nitrogens is 2. The van der Waals surface area contributed by atoms with Gasteiger partial charge in [-0.15, -0.1) is 0 Å². The normalized spacial score (nSPS) is 13.7. The number of esters is 1. The number of benzene rings is 1. The number of amides is 1. The average molecular weight is 401 g/mol. The highest BCUT2D eigenvalue weighted by Crippen LogP contribution is 2.36. The highest BCUT2D eigenvalue weighted by Gasteiger charge is 2.36. The topological polar surface area (TPSA) is 75.3 Å². The van der Waals surface area contributed by atoms with E-state index in [0.29, 0.717) is 21.2 Å². The fraction of sp³-hybridized carbons (Fsp3) is 0.350. The molecule has 2 heterocycles. The lowest BCUT2D eigenvalue weighted by molar-refractivity contribution is -0.118. The van der Waals surface area contributed by atoms with Gasteiger partial charge in [-0.2, -0.15) is 0 Å². The monoisotopic (exact) mass is 401 g/mol. The Hall–Kier alpha value is -2.74. The van der Waals surface area contributed by atoms with E-state index in [1.807, 2.05) is 0 Å². The molecule has 0 spiro atoms. The molecule has 0 atom stereocenters. The number of nitrogens with zero attached hydrogens (tertiary/aromatic N) is 2. The molecule has 146 valence electrons. The van der Waals surface area contributed by atoms with E-state index in [4.69, 9.17) is 4.74 Å². The van der Waals surface area contributed by atoms with E-state index in [2.05, 4.69) is 9.97 Å². The summed E-state index contributed by atoms with van der Waals surface area (Å²) in [6, 6.07) is 4.59. The van der Waals surface area contributed by atoms with Crippen LogP contribution in [0.25, 0.3) is 10.9 Å². The first-order valence-corrected chi connectivity index (χ1v) is 10.0. The number of thiazole rings is 1. The molecule has 0 saturated heterocycles. The van der Waals surface area contributed by atoms with Gasteiger partial charge in [0.25, 0.3) is 0 Å². The number of hydrogen-bond donors (Lipinski definition) is 1. The number of fused-ring (bicyclic) bond motifs is 1. The third-order valence-corrected chi connectivity index (χ3v) is 5.84. The zero-order valence-corrected chi connectivity index (χ0v) is 16.4. The standard InChI is InChI=1S/C20H20FN3O3S/c1-3-27-19(26)18-11(2)23-20(28-18)24(14-5-6-14)17(25)8-12-10-22-16-9-13(21)4-7-15(12)16/h4,7,9-10,14,22H,3,5-6,8H2,1-2H3. The average Bonchev–Trinajstić information content (AvgIpc) is 3.29. The molecule has 1 N–H and O–H groups in total. The molecule has 3 aromatic rings. The molecule has 1 fully saturated rings. The van der Waals surface area contributed by atoms with Crippen LogP contribution in [0.4, 0.5) is 9.52 Å². The maximum absolute atomic E-state index is 13.4. The molecule has 2 aromatic heterocycles. The summed E-state index contributed by atoms with van der Waals surface area (Å²) in [5.74, 6) is -0.820. The largest absolute Gasteiger partial charge is 0.462 e. The molecule has 1 amide bonds. The van der Waals surface area contributed by atoms with E-state index in [9.17, 15) is 14.0 Å². The first kappa shape index (κ1) is 18.6. The fourth-order valence-electron chi connectivity index (χ4n) is 3.22. The van der Waals surface area contributed by atoms with Crippen molar-refractivity contribution < 1.29 is 18.7 Å². The summed E-state index contributed by atoms with van der Waals surface area (Å²) in [5, 5.41) is 1.35. The molecule has 8 heteroatoms. The van der Waals surface area contributed by atoms with Crippen LogP contribution in [0.15, 0.2) is 24.4 Å². The Morgan fingerprint density at radius 2 is 2.18 bits per heavy atom. The number of nitrogens with one attached hydrogen (secondary N) is 1. The maximum atomic E-state index is 13.4. The Morgan fingerprint density at radius 1 is 1.39 bits per heavy atom. The van der Waals surface area contributed by atoms with Crippen molar-refractivity contribution in [3.63, 3.8) is 0 Å². The van der Waals surface area contributed by atoms with Crippen LogP contribution in [0.2, 0.25) is 0 Å². The van der Waals surface area contributed by atoms with Crippen LogP contribution in [0, 0.1) is 12.7 Å². The number of aromatic amines is 1. The van der Waals surface area contributed by atoms with Crippen molar-refractivity contribution >= 4 is 39.2 Å². The minimum Gasteiger partial charge on any atom is -0.462 e. The number of carbonyl (C=O) groups is 2. The highest BCUT2D eigenvalue weighted by molar-refractivity contribution is 7.17. The summed E-state index contributed by atoms with van der Waals surface area (Å²) in [7, 11) is 0. The quantitative estimate of drug-likeness (QED) is 0.634. The Balaban J connectivity index is 1.60. The Bertz CT molecular complexity index is 1050. The molecule has 1 aliphatic rings. The second-order valence-corrected chi connectivity index (χ2v) is 7.78. The van der Waals surface area contributed by atoms with E-state index in [1.54, 1.807) is 31.0 Å². The second-order valence-electron chi connectivity index (χ2n) is 6.81. The van der Waals surface area contributed by atoms with Gasteiger partial charge in [0, 0.05) is 23.1 Å². The zero-order valence-electron chi connectivity index (χ0n) is 15.6. The van der Waals surface area contributed by atoms with Gasteiger partial charge in [0.2, 0.25) is 5.91 Å². The molecular weight excluding hydrogens is 381 g/mol. The minimum absolute atomic E-state index is 0.0862. The number of ether oxygens (including phenoxy) is 1. The van der Waals surface area contributed by atoms with Gasteiger partial charge >= 0.3 is 5.97 Å². The first-order chi connectivity index (χ1) is 13.5. The predicted molar refractivity (Wildman–Crippen MR) is 105 cm³/mol. The van der Waals surface area contributed by atoms with E-state index >= 15 is 0 Å². The number of aryl methyl sites for hydroxylation is 1. The minimum atomic E-state index is -0.411. The van der Waals surface area contributed by atoms with Crippen LogP contribution in [0.1, 0.15) is 40.7 Å². The van der Waals surface area contributed by atoms with Gasteiger partial charge in [-0.1, -0.05) is 11.3 Å². The van der Waals surface area contributed by atoms with Crippen LogP contribution in [0.5, 0.6) is 0 Å². The SMILES string of the molecule is CCOC(=O)c1sc(N(C(=O)Cc2c[nH]c3cc(F)ccc23)C2CC2)nc1C. The number of H-pyrrole nitrogens is 1. The zero-order chi connectivity index (χ0) is 19.8. The second kappa shape index (κ2) is 7.35. The Morgan fingerprint density at radius 3 is 2.89 bits per heavy atom. The van der Waals surface area contributed by atoms with Crippen LogP contribution in [-0.4, -0.2) is 34.5 Å². The Labute approximate surface area is 165 Å². The van der Waals surface area contributed by atoms with Crippen molar-refractivity contribution in [1.82, 2.24) is 9.97 Å². The molecule has 1 aromatic carbocycles. The predicted octanol–water partition coefficient (Wildman–Crippen LogP) is 3.99. The van der Waals surface area contributed by atoms with Gasteiger partial charge in [-0.05, 0) is 50.5 Å². The van der Waals surface area contributed by atoms with Crippen LogP contribution >= 0.6 is 11.3 Å². The van der Waals surface area contributed by atoms with Crippen molar-refractivity contribution in [2.75, 3.05) is 11.5 Å². The molecule has 28 heavy (non-hydrogen) atoms. The summed E-state index contributed by atoms with van der Waals surface area (Å²) < 4.78 is 18.5. The van der Waals surface area contributed by atoms with Gasteiger partial charge in [0.05, 0.1) is 18.7 Å². The summed E-state index contributed by atoms with van der Waals surface area (Å²) in [6.45, 7) is 3.79. The lowest BCUT2D eigenvalue weighted by Crippen LogP contribution is -2.34. The number of anilines is 1. The molecule has 1 saturated carbocycles. The lowest BCUT2D eigenvalue weighted by Gasteiger charge is -2.19. The fourth-order valence-corrected chi connectivity index (χ4v) is 4.27. The summed E-state index contributed by atoms with van der Waals surface area (Å²) in [4.78, 5) is 34.8. The maximum Gasteiger partial charge on any atom is 0.350 e. The van der Waals surface area contributed by atoms with Gasteiger partial charge in [-0.25, -0.2) is 14.2 Å². The van der Waals surface area contributed by atoms with E-state index in [1.165, 1.54) is 23.5 Å². The summed E-state index contributed by atoms with van der Waals surface area (Å²) in [6.07, 6.45) is 3.75. The molecule has 1 aliphatic carbocycles. The molecule has 4 rings (SSSR count). The molecule has 0 bridgehead atoms. The van der Waals surface area contributed by atoms with E-state index in [0.717, 1.165) is 23.8 Å². The smallest absolute Gasteiger partial charge is 0.350 e. The van der Waals surface area contributed by atoms with Gasteiger partial charge in [0.15, 0.2) is 5.13 Å². The summed E-state index contributed by atoms with van der Waals surface area (Å²) >= 11 is 1.19. The van der Waals surface area contributed by atoms with Crippen LogP contribution in [-0.2, 0) is 16.0 Å². The van der Waals surface area contributed by atoms with Crippen molar-refractivity contribution in [3.8, 4) is 0 Å². The van der Waals surface area contributed by atoms with Crippen molar-refractivity contribution in [2.45, 2.75) is 39.2 Å². The first-order valence-electron chi connectivity index (χ1n) is 9.20. The third-order valence-electron chi connectivity index (χ3n) is 4.70. The number of halogens is 1.